The van der Waals surface area contributed by atoms with Crippen LogP contribution in [-0.2, 0) is 4.74 Å². The van der Waals surface area contributed by atoms with Crippen molar-refractivity contribution >= 4 is 15.9 Å². The van der Waals surface area contributed by atoms with E-state index in [0.29, 0.717) is 6.10 Å². The fraction of sp³-hybridized carbons (Fsp3) is 0.778. The van der Waals surface area contributed by atoms with Crippen molar-refractivity contribution in [2.45, 2.75) is 19.4 Å². The largest absolute Gasteiger partial charge is 0.380 e. The summed E-state index contributed by atoms with van der Waals surface area (Å²) in [4.78, 5) is 2.40. The zero-order valence-corrected chi connectivity index (χ0v) is 9.30. The summed E-state index contributed by atoms with van der Waals surface area (Å²) in [5.41, 5.74) is 0. The number of nitrogens with zero attached hydrogens (tertiary/aromatic N) is 1. The first-order chi connectivity index (χ1) is 5.72. The summed E-state index contributed by atoms with van der Waals surface area (Å²) in [7, 11) is 1.76. The van der Waals surface area contributed by atoms with E-state index < -0.39 is 0 Å². The van der Waals surface area contributed by atoms with Crippen LogP contribution in [0.2, 0.25) is 0 Å². The minimum atomic E-state index is 0.336. The standard InChI is InChI=1S/C9H16BrNO/c1-8(12-2)6-11-5-3-4-9(10)7-11/h4,8H,3,5-7H2,1-2H3. The first-order valence-electron chi connectivity index (χ1n) is 4.32. The SMILES string of the molecule is COC(C)CN1CCC=C(Br)C1. The molecule has 0 amide bonds. The Hall–Kier alpha value is 0.140. The third-order valence-corrected chi connectivity index (χ3v) is 2.68. The Kier molecular flexibility index (Phi) is 4.26. The van der Waals surface area contributed by atoms with Gasteiger partial charge in [0.2, 0.25) is 0 Å². The van der Waals surface area contributed by atoms with E-state index in [4.69, 9.17) is 4.74 Å². The molecule has 0 saturated carbocycles. The Balaban J connectivity index is 2.30. The zero-order valence-electron chi connectivity index (χ0n) is 7.72. The maximum Gasteiger partial charge on any atom is 0.0670 e. The number of halogens is 1. The smallest absolute Gasteiger partial charge is 0.0670 e. The summed E-state index contributed by atoms with van der Waals surface area (Å²) in [6.45, 7) is 5.32. The second-order valence-electron chi connectivity index (χ2n) is 3.22. The van der Waals surface area contributed by atoms with Gasteiger partial charge in [-0.3, -0.25) is 4.90 Å². The zero-order chi connectivity index (χ0) is 8.97. The number of ether oxygens (including phenoxy) is 1. The Morgan fingerprint density at radius 3 is 3.08 bits per heavy atom. The average molecular weight is 234 g/mol. The molecular formula is C9H16BrNO. The van der Waals surface area contributed by atoms with E-state index in [1.54, 1.807) is 7.11 Å². The van der Waals surface area contributed by atoms with Gasteiger partial charge in [-0.25, -0.2) is 0 Å². The maximum atomic E-state index is 5.21. The van der Waals surface area contributed by atoms with Crippen LogP contribution in [0.1, 0.15) is 13.3 Å². The molecule has 3 heteroatoms. The Bertz CT molecular complexity index is 170. The molecule has 1 unspecified atom stereocenters. The molecule has 1 aliphatic rings. The number of hydrogen-bond acceptors (Lipinski definition) is 2. The van der Waals surface area contributed by atoms with Crippen LogP contribution in [0.4, 0.5) is 0 Å². The molecule has 0 bridgehead atoms. The van der Waals surface area contributed by atoms with Crippen molar-refractivity contribution in [1.29, 1.82) is 0 Å². The molecule has 2 nitrogen and oxygen atoms in total. The van der Waals surface area contributed by atoms with Gasteiger partial charge >= 0.3 is 0 Å². The predicted molar refractivity (Wildman–Crippen MR) is 54.5 cm³/mol. The fourth-order valence-electron chi connectivity index (χ4n) is 1.35. The Labute approximate surface area is 82.7 Å². The molecule has 0 radical (unpaired) electrons. The topological polar surface area (TPSA) is 12.5 Å². The molecule has 1 rings (SSSR count). The van der Waals surface area contributed by atoms with Gasteiger partial charge in [-0.2, -0.15) is 0 Å². The van der Waals surface area contributed by atoms with Gasteiger partial charge in [0.05, 0.1) is 6.10 Å². The lowest BCUT2D eigenvalue weighted by Crippen LogP contribution is -2.35. The first kappa shape index (κ1) is 10.2. The second-order valence-corrected chi connectivity index (χ2v) is 4.24. The summed E-state index contributed by atoms with van der Waals surface area (Å²) < 4.78 is 6.51. The number of hydrogen-bond donors (Lipinski definition) is 0. The van der Waals surface area contributed by atoms with Gasteiger partial charge in [-0.05, 0) is 13.3 Å². The lowest BCUT2D eigenvalue weighted by atomic mass is 10.2. The highest BCUT2D eigenvalue weighted by molar-refractivity contribution is 9.11. The highest BCUT2D eigenvalue weighted by atomic mass is 79.9. The Morgan fingerprint density at radius 2 is 2.50 bits per heavy atom. The van der Waals surface area contributed by atoms with E-state index in [1.807, 2.05) is 0 Å². The van der Waals surface area contributed by atoms with E-state index in [2.05, 4.69) is 33.8 Å². The molecule has 0 aromatic heterocycles. The van der Waals surface area contributed by atoms with Crippen molar-refractivity contribution < 1.29 is 4.74 Å². The molecule has 0 spiro atoms. The van der Waals surface area contributed by atoms with Crippen LogP contribution in [0.15, 0.2) is 10.6 Å². The molecule has 0 saturated heterocycles. The van der Waals surface area contributed by atoms with Gasteiger partial charge in [0, 0.05) is 31.2 Å². The van der Waals surface area contributed by atoms with Crippen molar-refractivity contribution in [3.05, 3.63) is 10.6 Å². The molecule has 0 N–H and O–H groups in total. The van der Waals surface area contributed by atoms with E-state index >= 15 is 0 Å². The van der Waals surface area contributed by atoms with E-state index in [-0.39, 0.29) is 0 Å². The van der Waals surface area contributed by atoms with E-state index in [1.165, 1.54) is 4.48 Å². The number of rotatable bonds is 3. The summed E-state index contributed by atoms with van der Waals surface area (Å²) in [5, 5.41) is 0. The average Bonchev–Trinajstić information content (AvgIpc) is 2.04. The monoisotopic (exact) mass is 233 g/mol. The minimum Gasteiger partial charge on any atom is -0.380 e. The third kappa shape index (κ3) is 3.25. The molecule has 0 aromatic rings. The normalized spacial score (nSPS) is 22.1. The molecule has 1 aliphatic heterocycles. The highest BCUT2D eigenvalue weighted by Gasteiger charge is 2.12. The van der Waals surface area contributed by atoms with Crippen LogP contribution in [0.25, 0.3) is 0 Å². The minimum absolute atomic E-state index is 0.336. The van der Waals surface area contributed by atoms with Crippen LogP contribution in [0.3, 0.4) is 0 Å². The van der Waals surface area contributed by atoms with Crippen LogP contribution in [0, 0.1) is 0 Å². The molecular weight excluding hydrogens is 218 g/mol. The summed E-state index contributed by atoms with van der Waals surface area (Å²) in [6.07, 6.45) is 3.73. The van der Waals surface area contributed by atoms with E-state index in [9.17, 15) is 0 Å². The van der Waals surface area contributed by atoms with Crippen LogP contribution in [0.5, 0.6) is 0 Å². The van der Waals surface area contributed by atoms with Crippen molar-refractivity contribution in [3.8, 4) is 0 Å². The van der Waals surface area contributed by atoms with Crippen LogP contribution < -0.4 is 0 Å². The van der Waals surface area contributed by atoms with Gasteiger partial charge in [0.25, 0.3) is 0 Å². The molecule has 1 heterocycles. The second kappa shape index (κ2) is 5.00. The summed E-state index contributed by atoms with van der Waals surface area (Å²) in [5.74, 6) is 0. The van der Waals surface area contributed by atoms with E-state index in [0.717, 1.165) is 26.1 Å². The fourth-order valence-corrected chi connectivity index (χ4v) is 1.94. The Morgan fingerprint density at radius 1 is 1.75 bits per heavy atom. The van der Waals surface area contributed by atoms with Crippen LogP contribution in [-0.4, -0.2) is 37.7 Å². The molecule has 0 aliphatic carbocycles. The van der Waals surface area contributed by atoms with Crippen LogP contribution >= 0.6 is 15.9 Å². The van der Waals surface area contributed by atoms with Crippen molar-refractivity contribution in [2.75, 3.05) is 26.7 Å². The van der Waals surface area contributed by atoms with Crippen molar-refractivity contribution in [1.82, 2.24) is 4.90 Å². The van der Waals surface area contributed by atoms with Gasteiger partial charge in [-0.15, -0.1) is 0 Å². The molecule has 0 aromatic carbocycles. The van der Waals surface area contributed by atoms with Gasteiger partial charge in [0.15, 0.2) is 0 Å². The lowest BCUT2D eigenvalue weighted by Gasteiger charge is -2.27. The van der Waals surface area contributed by atoms with Crippen molar-refractivity contribution in [2.24, 2.45) is 0 Å². The highest BCUT2D eigenvalue weighted by Crippen LogP contribution is 2.14. The maximum absolute atomic E-state index is 5.21. The summed E-state index contributed by atoms with van der Waals surface area (Å²) in [6, 6.07) is 0. The first-order valence-corrected chi connectivity index (χ1v) is 5.11. The number of methoxy groups -OCH3 is 1. The summed E-state index contributed by atoms with van der Waals surface area (Å²) >= 11 is 3.52. The molecule has 70 valence electrons. The lowest BCUT2D eigenvalue weighted by molar-refractivity contribution is 0.0801. The predicted octanol–water partition coefficient (Wildman–Crippen LogP) is 2.01. The third-order valence-electron chi connectivity index (χ3n) is 2.10. The quantitative estimate of drug-likeness (QED) is 0.740. The van der Waals surface area contributed by atoms with Crippen molar-refractivity contribution in [3.63, 3.8) is 0 Å². The van der Waals surface area contributed by atoms with Gasteiger partial charge < -0.3 is 4.74 Å². The molecule has 0 fully saturated rings. The molecule has 12 heavy (non-hydrogen) atoms. The van der Waals surface area contributed by atoms with Gasteiger partial charge in [-0.1, -0.05) is 22.0 Å². The van der Waals surface area contributed by atoms with Gasteiger partial charge in [0.1, 0.15) is 0 Å². The molecule has 1 atom stereocenters.